The van der Waals surface area contributed by atoms with Gasteiger partial charge in [-0.2, -0.15) is 0 Å². The van der Waals surface area contributed by atoms with E-state index in [1.807, 2.05) is 39.1 Å². The van der Waals surface area contributed by atoms with Crippen molar-refractivity contribution in [3.05, 3.63) is 40.9 Å². The van der Waals surface area contributed by atoms with E-state index < -0.39 is 0 Å². The van der Waals surface area contributed by atoms with Gasteiger partial charge in [0, 0.05) is 42.8 Å². The van der Waals surface area contributed by atoms with Gasteiger partial charge in [0.05, 0.1) is 4.91 Å². The third-order valence-electron chi connectivity index (χ3n) is 3.71. The minimum absolute atomic E-state index is 0.0487. The predicted molar refractivity (Wildman–Crippen MR) is 93.9 cm³/mol. The molecule has 0 unspecified atom stereocenters. The summed E-state index contributed by atoms with van der Waals surface area (Å²) in [5, 5.41) is 1.97. The average Bonchev–Trinajstić information content (AvgIpc) is 2.99. The lowest BCUT2D eigenvalue weighted by molar-refractivity contribution is -0.122. The lowest BCUT2D eigenvalue weighted by Gasteiger charge is -2.11. The number of hydrogen-bond acceptors (Lipinski definition) is 3. The number of hydrogen-bond donors (Lipinski definition) is 0. The van der Waals surface area contributed by atoms with Crippen molar-refractivity contribution in [2.24, 2.45) is 12.0 Å². The first kappa shape index (κ1) is 14.9. The normalized spacial score (nSPS) is 19.0. The van der Waals surface area contributed by atoms with E-state index in [4.69, 9.17) is 0 Å². The third-order valence-corrected chi connectivity index (χ3v) is 4.76. The Kier molecular flexibility index (Phi) is 4.07. The zero-order chi connectivity index (χ0) is 15.7. The second-order valence-corrected chi connectivity index (χ2v) is 6.14. The number of fused-ring (bicyclic) bond motifs is 1. The highest BCUT2D eigenvalue weighted by molar-refractivity contribution is 8.18. The van der Waals surface area contributed by atoms with E-state index in [2.05, 4.69) is 27.9 Å². The lowest BCUT2D eigenvalue weighted by Crippen LogP contribution is -2.28. The van der Waals surface area contributed by atoms with Crippen LogP contribution in [0.25, 0.3) is 17.0 Å². The van der Waals surface area contributed by atoms with Gasteiger partial charge >= 0.3 is 0 Å². The topological polar surface area (TPSA) is 37.6 Å². The number of nitrogens with zero attached hydrogens (tertiary/aromatic N) is 3. The van der Waals surface area contributed by atoms with Gasteiger partial charge in [-0.15, -0.1) is 0 Å². The quantitative estimate of drug-likeness (QED) is 0.814. The van der Waals surface area contributed by atoms with E-state index in [1.54, 1.807) is 4.90 Å². The molecule has 3 rings (SSSR count). The summed E-state index contributed by atoms with van der Waals surface area (Å²) in [4.78, 5) is 19.4. The van der Waals surface area contributed by atoms with E-state index >= 15 is 0 Å². The third kappa shape index (κ3) is 2.46. The molecule has 1 fully saturated rings. The molecule has 0 aliphatic carbocycles. The molecule has 1 aromatic heterocycles. The zero-order valence-corrected chi connectivity index (χ0v) is 13.9. The van der Waals surface area contributed by atoms with Gasteiger partial charge in [-0.05, 0) is 37.8 Å². The Hall–Kier alpha value is -2.01. The summed E-state index contributed by atoms with van der Waals surface area (Å²) in [5.41, 5.74) is 2.24. The van der Waals surface area contributed by atoms with Crippen LogP contribution in [0.4, 0.5) is 0 Å². The smallest absolute Gasteiger partial charge is 0.266 e. The molecule has 5 heteroatoms. The molecule has 4 nitrogen and oxygen atoms in total. The number of amidine groups is 1. The molecule has 1 aliphatic heterocycles. The van der Waals surface area contributed by atoms with Crippen molar-refractivity contribution in [1.82, 2.24) is 9.47 Å². The molecule has 0 saturated carbocycles. The van der Waals surface area contributed by atoms with E-state index in [0.717, 1.165) is 21.0 Å². The van der Waals surface area contributed by atoms with Gasteiger partial charge in [-0.1, -0.05) is 18.2 Å². The minimum Gasteiger partial charge on any atom is -0.350 e. The van der Waals surface area contributed by atoms with Crippen molar-refractivity contribution >= 4 is 39.8 Å². The number of rotatable bonds is 3. The first-order chi connectivity index (χ1) is 10.7. The Balaban J connectivity index is 2.04. The van der Waals surface area contributed by atoms with Gasteiger partial charge in [-0.3, -0.25) is 14.7 Å². The van der Waals surface area contributed by atoms with Gasteiger partial charge in [-0.25, -0.2) is 0 Å². The molecule has 0 radical (unpaired) electrons. The highest BCUT2D eigenvalue weighted by atomic mass is 32.2. The SMILES string of the molecule is CCN=C1SC(=Cc2cn(C)c3ccccc23)C(=O)N1CC. The lowest BCUT2D eigenvalue weighted by atomic mass is 10.1. The van der Waals surface area contributed by atoms with E-state index in [0.29, 0.717) is 13.1 Å². The molecule has 2 aromatic rings. The molecule has 1 amide bonds. The molecular weight excluding hydrogens is 294 g/mol. The van der Waals surface area contributed by atoms with Crippen molar-refractivity contribution in [1.29, 1.82) is 0 Å². The number of benzene rings is 1. The fourth-order valence-electron chi connectivity index (χ4n) is 2.67. The standard InChI is InChI=1S/C17H19N3OS/c1-4-18-17-20(5-2)16(21)15(22-17)10-12-11-19(3)14-9-7-6-8-13(12)14/h6-11H,4-5H2,1-3H3. The second-order valence-electron chi connectivity index (χ2n) is 5.13. The fourth-order valence-corrected chi connectivity index (χ4v) is 3.77. The monoisotopic (exact) mass is 313 g/mol. The van der Waals surface area contributed by atoms with Gasteiger partial charge in [0.15, 0.2) is 5.17 Å². The summed E-state index contributed by atoms with van der Waals surface area (Å²) in [5.74, 6) is 0.0487. The van der Waals surface area contributed by atoms with Crippen molar-refractivity contribution in [3.8, 4) is 0 Å². The molecule has 2 heterocycles. The molecule has 114 valence electrons. The van der Waals surface area contributed by atoms with Crippen molar-refractivity contribution in [2.75, 3.05) is 13.1 Å². The Morgan fingerprint density at radius 2 is 2.05 bits per heavy atom. The zero-order valence-electron chi connectivity index (χ0n) is 13.0. The Labute approximate surface area is 134 Å². The van der Waals surface area contributed by atoms with Gasteiger partial charge in [0.25, 0.3) is 5.91 Å². The molecule has 0 atom stereocenters. The van der Waals surface area contributed by atoms with Crippen LogP contribution in [0.3, 0.4) is 0 Å². The Morgan fingerprint density at radius 3 is 2.77 bits per heavy atom. The first-order valence-corrected chi connectivity index (χ1v) is 8.27. The molecule has 0 spiro atoms. The van der Waals surface area contributed by atoms with Crippen LogP contribution in [0.1, 0.15) is 19.4 Å². The number of para-hydroxylation sites is 1. The Morgan fingerprint density at radius 1 is 1.27 bits per heavy atom. The predicted octanol–water partition coefficient (Wildman–Crippen LogP) is 3.49. The summed E-state index contributed by atoms with van der Waals surface area (Å²) in [7, 11) is 2.02. The van der Waals surface area contributed by atoms with Gasteiger partial charge in [0.1, 0.15) is 0 Å². The van der Waals surface area contributed by atoms with E-state index in [9.17, 15) is 4.79 Å². The Bertz CT molecular complexity index is 788. The largest absolute Gasteiger partial charge is 0.350 e. The van der Waals surface area contributed by atoms with Crippen LogP contribution in [0.15, 0.2) is 40.4 Å². The molecule has 1 aliphatic rings. The molecule has 1 saturated heterocycles. The minimum atomic E-state index is 0.0487. The van der Waals surface area contributed by atoms with Crippen LogP contribution >= 0.6 is 11.8 Å². The van der Waals surface area contributed by atoms with Crippen LogP contribution in [-0.4, -0.2) is 33.6 Å². The highest BCUT2D eigenvalue weighted by Gasteiger charge is 2.31. The maximum absolute atomic E-state index is 12.5. The fraction of sp³-hybridized carbons (Fsp3) is 0.294. The molecule has 1 aromatic carbocycles. The second kappa shape index (κ2) is 6.01. The average molecular weight is 313 g/mol. The maximum Gasteiger partial charge on any atom is 0.266 e. The summed E-state index contributed by atoms with van der Waals surface area (Å²) in [6.45, 7) is 5.30. The van der Waals surface area contributed by atoms with Crippen molar-refractivity contribution in [3.63, 3.8) is 0 Å². The summed E-state index contributed by atoms with van der Waals surface area (Å²) in [6, 6.07) is 8.23. The summed E-state index contributed by atoms with van der Waals surface area (Å²) < 4.78 is 2.09. The van der Waals surface area contributed by atoms with Crippen LogP contribution in [0, 0.1) is 0 Å². The number of carbonyl (C=O) groups excluding carboxylic acids is 1. The first-order valence-electron chi connectivity index (χ1n) is 7.45. The molecule has 0 bridgehead atoms. The van der Waals surface area contributed by atoms with Crippen LogP contribution in [-0.2, 0) is 11.8 Å². The molecule has 22 heavy (non-hydrogen) atoms. The van der Waals surface area contributed by atoms with Crippen LogP contribution < -0.4 is 0 Å². The van der Waals surface area contributed by atoms with Crippen LogP contribution in [0.5, 0.6) is 0 Å². The number of aryl methyl sites for hydroxylation is 1. The van der Waals surface area contributed by atoms with E-state index in [1.165, 1.54) is 17.3 Å². The maximum atomic E-state index is 12.5. The molecular formula is C17H19N3OS. The number of thioether (sulfide) groups is 1. The highest BCUT2D eigenvalue weighted by Crippen LogP contribution is 2.34. The molecule has 0 N–H and O–H groups in total. The van der Waals surface area contributed by atoms with Crippen LogP contribution in [0.2, 0.25) is 0 Å². The number of carbonyl (C=O) groups is 1. The summed E-state index contributed by atoms with van der Waals surface area (Å²) in [6.07, 6.45) is 4.05. The number of aliphatic imine (C=N–C) groups is 1. The number of aromatic nitrogens is 1. The van der Waals surface area contributed by atoms with Crippen molar-refractivity contribution in [2.45, 2.75) is 13.8 Å². The van der Waals surface area contributed by atoms with Crippen molar-refractivity contribution < 1.29 is 4.79 Å². The number of likely N-dealkylation sites (N-methyl/N-ethyl adjacent to an activating group) is 1. The van der Waals surface area contributed by atoms with E-state index in [-0.39, 0.29) is 5.91 Å². The number of amides is 1. The van der Waals surface area contributed by atoms with Gasteiger partial charge in [0.2, 0.25) is 0 Å². The van der Waals surface area contributed by atoms with Gasteiger partial charge < -0.3 is 4.57 Å². The summed E-state index contributed by atoms with van der Waals surface area (Å²) >= 11 is 1.47.